The van der Waals surface area contributed by atoms with Crippen LogP contribution >= 0.6 is 0 Å². The Hall–Kier alpha value is -2.86. The van der Waals surface area contributed by atoms with Gasteiger partial charge in [-0.05, 0) is 42.2 Å². The maximum atomic E-state index is 13.5. The number of nitrogens with one attached hydrogen (secondary N) is 2. The van der Waals surface area contributed by atoms with E-state index in [0.29, 0.717) is 19.6 Å². The summed E-state index contributed by atoms with van der Waals surface area (Å²) in [6, 6.07) is 17.1. The minimum Gasteiger partial charge on any atom is -0.497 e. The highest BCUT2D eigenvalue weighted by atomic mass is 16.5. The van der Waals surface area contributed by atoms with E-state index in [1.54, 1.807) is 7.11 Å². The number of urea groups is 1. The van der Waals surface area contributed by atoms with Crippen molar-refractivity contribution in [3.63, 3.8) is 0 Å². The Labute approximate surface area is 172 Å². The van der Waals surface area contributed by atoms with Gasteiger partial charge in [0, 0.05) is 5.56 Å². The third kappa shape index (κ3) is 4.43. The van der Waals surface area contributed by atoms with E-state index in [0.717, 1.165) is 21.8 Å². The summed E-state index contributed by atoms with van der Waals surface area (Å²) in [4.78, 5) is 28.7. The molecule has 3 amide bonds. The van der Waals surface area contributed by atoms with E-state index in [1.807, 2.05) is 61.6 Å². The van der Waals surface area contributed by atoms with Gasteiger partial charge in [-0.1, -0.05) is 44.2 Å². The monoisotopic (exact) mass is 396 g/mol. The van der Waals surface area contributed by atoms with Crippen molar-refractivity contribution in [1.82, 2.24) is 10.2 Å². The molecule has 2 N–H and O–H groups in total. The number of benzene rings is 2. The van der Waals surface area contributed by atoms with Crippen LogP contribution in [0.25, 0.3) is 0 Å². The Morgan fingerprint density at radius 3 is 2.31 bits per heavy atom. The quantitative estimate of drug-likeness (QED) is 0.672. The molecule has 0 aromatic heterocycles. The summed E-state index contributed by atoms with van der Waals surface area (Å²) in [7, 11) is 3.62. The summed E-state index contributed by atoms with van der Waals surface area (Å²) in [5.41, 5.74) is 0.960. The summed E-state index contributed by atoms with van der Waals surface area (Å²) >= 11 is 0. The van der Waals surface area contributed by atoms with Crippen molar-refractivity contribution in [2.75, 3.05) is 20.8 Å². The molecule has 2 aromatic rings. The molecule has 2 atom stereocenters. The largest absolute Gasteiger partial charge is 0.497 e. The lowest BCUT2D eigenvalue weighted by molar-refractivity contribution is -0.901. The van der Waals surface area contributed by atoms with Crippen molar-refractivity contribution in [3.8, 4) is 5.75 Å². The highest BCUT2D eigenvalue weighted by molar-refractivity contribution is 6.07. The van der Waals surface area contributed by atoms with Crippen LogP contribution in [-0.4, -0.2) is 37.7 Å². The molecule has 1 aliphatic rings. The van der Waals surface area contributed by atoms with Gasteiger partial charge in [-0.15, -0.1) is 0 Å². The number of amides is 3. The predicted octanol–water partition coefficient (Wildman–Crippen LogP) is 2.16. The predicted molar refractivity (Wildman–Crippen MR) is 111 cm³/mol. The molecule has 3 rings (SSSR count). The molecular formula is C23H30N3O3+. The summed E-state index contributed by atoms with van der Waals surface area (Å²) < 4.78 is 5.19. The first-order chi connectivity index (χ1) is 13.9. The summed E-state index contributed by atoms with van der Waals surface area (Å²) in [6.45, 7) is 5.13. The molecule has 1 heterocycles. The number of carbonyl (C=O) groups is 2. The van der Waals surface area contributed by atoms with Gasteiger partial charge in [0.2, 0.25) is 0 Å². The molecule has 1 aliphatic heterocycles. The summed E-state index contributed by atoms with van der Waals surface area (Å²) in [6.07, 6.45) is 0.565. The van der Waals surface area contributed by atoms with E-state index in [2.05, 4.69) is 19.2 Å². The first-order valence-electron chi connectivity index (χ1n) is 9.99. The van der Waals surface area contributed by atoms with Crippen LogP contribution in [0.3, 0.4) is 0 Å². The number of ether oxygens (including phenoxy) is 1. The Morgan fingerprint density at radius 2 is 1.72 bits per heavy atom. The van der Waals surface area contributed by atoms with Crippen molar-refractivity contribution in [1.29, 1.82) is 0 Å². The molecule has 0 bridgehead atoms. The molecule has 154 valence electrons. The van der Waals surface area contributed by atoms with Gasteiger partial charge in [0.1, 0.15) is 17.8 Å². The molecule has 1 unspecified atom stereocenters. The maximum Gasteiger partial charge on any atom is 0.329 e. The normalized spacial score (nSPS) is 20.1. The lowest BCUT2D eigenvalue weighted by atomic mass is 9.82. The van der Waals surface area contributed by atoms with E-state index in [9.17, 15) is 9.59 Å². The van der Waals surface area contributed by atoms with Crippen LogP contribution in [0, 0.1) is 5.92 Å². The van der Waals surface area contributed by atoms with Gasteiger partial charge in [0.15, 0.2) is 6.67 Å². The Kier molecular flexibility index (Phi) is 6.23. The van der Waals surface area contributed by atoms with Crippen LogP contribution in [-0.2, 0) is 16.9 Å². The topological polar surface area (TPSA) is 63.1 Å². The Morgan fingerprint density at radius 1 is 1.07 bits per heavy atom. The fourth-order valence-electron chi connectivity index (χ4n) is 3.97. The lowest BCUT2D eigenvalue weighted by Gasteiger charge is -2.29. The first-order valence-corrected chi connectivity index (χ1v) is 9.99. The third-order valence-electron chi connectivity index (χ3n) is 5.25. The van der Waals surface area contributed by atoms with Crippen molar-refractivity contribution in [2.24, 2.45) is 5.92 Å². The number of hydrogen-bond acceptors (Lipinski definition) is 3. The van der Waals surface area contributed by atoms with Gasteiger partial charge < -0.3 is 15.0 Å². The van der Waals surface area contributed by atoms with E-state index < -0.39 is 5.54 Å². The SMILES string of the molecule is COc1ccc(C[NH+](C)CN2C(=O)N[C@](CC(C)C)(c3ccccc3)C2=O)cc1. The van der Waals surface area contributed by atoms with Gasteiger partial charge in [-0.2, -0.15) is 0 Å². The van der Waals surface area contributed by atoms with Crippen LogP contribution in [0.2, 0.25) is 0 Å². The number of rotatable bonds is 8. The zero-order valence-electron chi connectivity index (χ0n) is 17.6. The highest BCUT2D eigenvalue weighted by Gasteiger charge is 2.53. The van der Waals surface area contributed by atoms with Crippen molar-refractivity contribution >= 4 is 11.9 Å². The van der Waals surface area contributed by atoms with Gasteiger partial charge in [0.05, 0.1) is 14.2 Å². The zero-order valence-corrected chi connectivity index (χ0v) is 17.6. The van der Waals surface area contributed by atoms with E-state index >= 15 is 0 Å². The molecule has 0 aliphatic carbocycles. The number of quaternary nitrogens is 1. The van der Waals surface area contributed by atoms with Crippen molar-refractivity contribution < 1.29 is 19.2 Å². The van der Waals surface area contributed by atoms with Crippen LogP contribution in [0.4, 0.5) is 4.79 Å². The molecule has 29 heavy (non-hydrogen) atoms. The number of methoxy groups -OCH3 is 1. The standard InChI is InChI=1S/C23H29N3O3/c1-17(2)14-23(19-8-6-5-7-9-19)21(27)26(22(28)24-23)16-25(3)15-18-10-12-20(29-4)13-11-18/h5-13,17H,14-16H2,1-4H3,(H,24,28)/p+1/t23-/m1/s1. The van der Waals surface area contributed by atoms with Crippen LogP contribution in [0.15, 0.2) is 54.6 Å². The lowest BCUT2D eigenvalue weighted by Crippen LogP contribution is -3.09. The van der Waals surface area contributed by atoms with Gasteiger partial charge in [-0.25, -0.2) is 9.69 Å². The van der Waals surface area contributed by atoms with Crippen LogP contribution < -0.4 is 15.0 Å². The molecule has 0 spiro atoms. The second-order valence-corrected chi connectivity index (χ2v) is 8.17. The first kappa shape index (κ1) is 20.9. The summed E-state index contributed by atoms with van der Waals surface area (Å²) in [5.74, 6) is 0.891. The molecular weight excluding hydrogens is 366 g/mol. The minimum atomic E-state index is -0.993. The second kappa shape index (κ2) is 8.66. The van der Waals surface area contributed by atoms with Gasteiger partial charge in [0.25, 0.3) is 5.91 Å². The van der Waals surface area contributed by atoms with E-state index in [1.165, 1.54) is 4.90 Å². The van der Waals surface area contributed by atoms with Crippen molar-refractivity contribution in [3.05, 3.63) is 65.7 Å². The van der Waals surface area contributed by atoms with E-state index in [4.69, 9.17) is 4.74 Å². The van der Waals surface area contributed by atoms with Crippen LogP contribution in [0.5, 0.6) is 5.75 Å². The van der Waals surface area contributed by atoms with Crippen molar-refractivity contribution in [2.45, 2.75) is 32.4 Å². The fraction of sp³-hybridized carbons (Fsp3) is 0.391. The highest BCUT2D eigenvalue weighted by Crippen LogP contribution is 2.34. The van der Waals surface area contributed by atoms with Gasteiger partial charge >= 0.3 is 6.03 Å². The number of hydrogen-bond donors (Lipinski definition) is 2. The smallest absolute Gasteiger partial charge is 0.329 e. The average Bonchev–Trinajstić information content (AvgIpc) is 2.93. The Bertz CT molecular complexity index is 851. The molecule has 6 heteroatoms. The zero-order chi connectivity index (χ0) is 21.0. The maximum absolute atomic E-state index is 13.5. The third-order valence-corrected chi connectivity index (χ3v) is 5.25. The van der Waals surface area contributed by atoms with E-state index in [-0.39, 0.29) is 17.9 Å². The molecule has 6 nitrogen and oxygen atoms in total. The number of imide groups is 1. The van der Waals surface area contributed by atoms with Crippen LogP contribution in [0.1, 0.15) is 31.4 Å². The molecule has 2 aromatic carbocycles. The average molecular weight is 397 g/mol. The number of nitrogens with zero attached hydrogens (tertiary/aromatic N) is 1. The Balaban J connectivity index is 1.77. The summed E-state index contributed by atoms with van der Waals surface area (Å²) in [5, 5.41) is 3.01. The second-order valence-electron chi connectivity index (χ2n) is 8.17. The molecule has 0 saturated carbocycles. The minimum absolute atomic E-state index is 0.170. The fourth-order valence-corrected chi connectivity index (χ4v) is 3.97. The van der Waals surface area contributed by atoms with Gasteiger partial charge in [-0.3, -0.25) is 4.79 Å². The number of carbonyl (C=O) groups excluding carboxylic acids is 2. The molecule has 1 saturated heterocycles. The molecule has 0 radical (unpaired) electrons. The molecule has 1 fully saturated rings.